The van der Waals surface area contributed by atoms with Crippen LogP contribution in [0.3, 0.4) is 0 Å². The van der Waals surface area contributed by atoms with Gasteiger partial charge in [-0.25, -0.2) is 11.6 Å². The van der Waals surface area contributed by atoms with E-state index in [1.165, 1.54) is 31.3 Å². The van der Waals surface area contributed by atoms with E-state index in [0.717, 1.165) is 6.42 Å². The Balaban J connectivity index is 0.000000253. The van der Waals surface area contributed by atoms with Gasteiger partial charge in [0, 0.05) is 0 Å². The summed E-state index contributed by atoms with van der Waals surface area (Å²) in [5.41, 5.74) is 1.27. The Bertz CT molecular complexity index is 228. The van der Waals surface area contributed by atoms with Crippen molar-refractivity contribution in [3.05, 3.63) is 48.1 Å². The molecule has 0 atom stereocenters. The summed E-state index contributed by atoms with van der Waals surface area (Å²) >= 11 is 0. The molecule has 0 spiro atoms. The first-order valence-corrected chi connectivity index (χ1v) is 5.43. The van der Waals surface area contributed by atoms with Crippen molar-refractivity contribution in [2.45, 2.75) is 39.0 Å². The average Bonchev–Trinajstić information content (AvgIpc) is 2.55. The van der Waals surface area contributed by atoms with Gasteiger partial charge in [0.05, 0.1) is 0 Å². The van der Waals surface area contributed by atoms with Crippen LogP contribution in [0, 0.1) is 6.08 Å². The first kappa shape index (κ1) is 14.6. The maximum Gasteiger partial charge on any atom is 1.00 e. The molecule has 0 aromatic rings. The first-order valence-electron chi connectivity index (χ1n) is 5.43. The fourth-order valence-electron chi connectivity index (χ4n) is 1.37. The molecule has 2 rings (SSSR count). The Morgan fingerprint density at radius 3 is 1.53 bits per heavy atom. The molecule has 83 valence electrons. The molecule has 0 amide bonds. The van der Waals surface area contributed by atoms with E-state index in [1.807, 2.05) is 0 Å². The minimum absolute atomic E-state index is 0. The first-order chi connectivity index (χ1) is 6.89. The zero-order valence-electron chi connectivity index (χ0n) is 9.35. The summed E-state index contributed by atoms with van der Waals surface area (Å²) in [7, 11) is 0. The second kappa shape index (κ2) is 10.1. The molecule has 2 aliphatic rings. The summed E-state index contributed by atoms with van der Waals surface area (Å²) in [6, 6.07) is 0. The summed E-state index contributed by atoms with van der Waals surface area (Å²) < 4.78 is 0. The van der Waals surface area contributed by atoms with Gasteiger partial charge in [-0.1, -0.05) is 31.2 Å². The zero-order valence-corrected chi connectivity index (χ0v) is 11.1. The fourth-order valence-corrected chi connectivity index (χ4v) is 1.37. The van der Waals surface area contributed by atoms with E-state index in [9.17, 15) is 0 Å². The molecule has 0 aromatic carbocycles. The van der Waals surface area contributed by atoms with Crippen LogP contribution in [0.1, 0.15) is 39.0 Å². The van der Waals surface area contributed by atoms with Crippen LogP contribution in [0.4, 0.5) is 0 Å². The molecule has 0 heterocycles. The summed E-state index contributed by atoms with van der Waals surface area (Å²) in [6.45, 7) is 2.06. The van der Waals surface area contributed by atoms with Gasteiger partial charge in [0.1, 0.15) is 0 Å². The van der Waals surface area contributed by atoms with Crippen LogP contribution < -0.4 is 0 Å². The van der Waals surface area contributed by atoms with Crippen molar-refractivity contribution in [3.8, 4) is 0 Å². The third kappa shape index (κ3) is 8.57. The fraction of sp³-hybridized carbons (Fsp3) is 0.429. The maximum atomic E-state index is 3.12. The average molecular weight is 288 g/mol. The standard InChI is InChI=1S/C8H12.C6H7.Ru/c1-2-4-6-8-7-5-3-1;1-6-4-2-3-5-6;/h1-2,7-8H,3-6H2;2,4H,3H2,1H3;/q;-1;+1. The molecule has 1 radical (unpaired) electrons. The minimum Gasteiger partial charge on any atom is -0.270 e. The minimum atomic E-state index is 0. The molecule has 0 bridgehead atoms. The molecule has 0 aliphatic heterocycles. The third-order valence-electron chi connectivity index (χ3n) is 2.20. The van der Waals surface area contributed by atoms with Gasteiger partial charge >= 0.3 is 19.5 Å². The van der Waals surface area contributed by atoms with E-state index < -0.39 is 0 Å². The van der Waals surface area contributed by atoms with Crippen molar-refractivity contribution in [3.63, 3.8) is 0 Å². The third-order valence-corrected chi connectivity index (χ3v) is 2.20. The van der Waals surface area contributed by atoms with Gasteiger partial charge in [-0.05, 0) is 25.7 Å². The van der Waals surface area contributed by atoms with Gasteiger partial charge in [-0.2, -0.15) is 6.08 Å². The van der Waals surface area contributed by atoms with Crippen molar-refractivity contribution >= 4 is 0 Å². The Morgan fingerprint density at radius 1 is 0.867 bits per heavy atom. The van der Waals surface area contributed by atoms with Crippen LogP contribution >= 0.6 is 0 Å². The molecular formula is C14H19Ru. The quantitative estimate of drug-likeness (QED) is 0.353. The van der Waals surface area contributed by atoms with Crippen LogP contribution in [-0.2, 0) is 19.5 Å². The normalized spacial score (nSPS) is 18.1. The molecule has 2 aliphatic carbocycles. The van der Waals surface area contributed by atoms with Crippen LogP contribution in [0.15, 0.2) is 42.0 Å². The molecule has 0 nitrogen and oxygen atoms in total. The molecule has 0 aromatic heterocycles. The van der Waals surface area contributed by atoms with Crippen molar-refractivity contribution < 1.29 is 19.5 Å². The second-order valence-corrected chi connectivity index (χ2v) is 3.56. The Hall–Kier alpha value is -0.417. The largest absolute Gasteiger partial charge is 1.00 e. The van der Waals surface area contributed by atoms with Crippen LogP contribution in [-0.4, -0.2) is 0 Å². The van der Waals surface area contributed by atoms with Crippen LogP contribution in [0.25, 0.3) is 0 Å². The van der Waals surface area contributed by atoms with E-state index in [4.69, 9.17) is 0 Å². The molecule has 0 fully saturated rings. The Kier molecular flexibility index (Phi) is 9.83. The molecule has 0 unspecified atom stereocenters. The molecule has 0 saturated carbocycles. The topological polar surface area (TPSA) is 0 Å². The maximum absolute atomic E-state index is 3.12. The van der Waals surface area contributed by atoms with E-state index in [1.54, 1.807) is 0 Å². The van der Waals surface area contributed by atoms with Gasteiger partial charge in [0.15, 0.2) is 0 Å². The van der Waals surface area contributed by atoms with Crippen molar-refractivity contribution in [1.29, 1.82) is 0 Å². The van der Waals surface area contributed by atoms with Gasteiger partial charge in [0.2, 0.25) is 0 Å². The molecule has 15 heavy (non-hydrogen) atoms. The van der Waals surface area contributed by atoms with E-state index in [-0.39, 0.29) is 19.5 Å². The Labute approximate surface area is 107 Å². The van der Waals surface area contributed by atoms with Crippen LogP contribution in [0.5, 0.6) is 0 Å². The molecule has 0 N–H and O–H groups in total. The van der Waals surface area contributed by atoms with Gasteiger partial charge in [0.25, 0.3) is 0 Å². The molecule has 0 saturated heterocycles. The van der Waals surface area contributed by atoms with E-state index in [0.29, 0.717) is 0 Å². The van der Waals surface area contributed by atoms with E-state index >= 15 is 0 Å². The number of hydrogen-bond donors (Lipinski definition) is 0. The predicted molar refractivity (Wildman–Crippen MR) is 62.9 cm³/mol. The van der Waals surface area contributed by atoms with Crippen molar-refractivity contribution in [1.82, 2.24) is 0 Å². The Morgan fingerprint density at radius 2 is 1.33 bits per heavy atom. The smallest absolute Gasteiger partial charge is 0.270 e. The van der Waals surface area contributed by atoms with Gasteiger partial charge in [-0.15, -0.1) is 6.42 Å². The molecular weight excluding hydrogens is 269 g/mol. The number of rotatable bonds is 0. The van der Waals surface area contributed by atoms with Crippen LogP contribution in [0.2, 0.25) is 0 Å². The van der Waals surface area contributed by atoms with Crippen molar-refractivity contribution in [2.75, 3.05) is 0 Å². The second-order valence-electron chi connectivity index (χ2n) is 3.56. The summed E-state index contributed by atoms with van der Waals surface area (Å²) in [5, 5.41) is 0. The number of allylic oxidation sites excluding steroid dienone is 8. The summed E-state index contributed by atoms with van der Waals surface area (Å²) in [5.74, 6) is 0. The number of hydrogen-bond acceptors (Lipinski definition) is 0. The van der Waals surface area contributed by atoms with Gasteiger partial charge < -0.3 is 0 Å². The zero-order chi connectivity index (χ0) is 10.1. The SMILES string of the molecule is C1=CCCC=CCC1.CC1=[C-]CC=C1.[Ru+]. The van der Waals surface area contributed by atoms with Gasteiger partial charge in [-0.3, -0.25) is 6.08 Å². The predicted octanol–water partition coefficient (Wildman–Crippen LogP) is 4.37. The van der Waals surface area contributed by atoms with Crippen molar-refractivity contribution in [2.24, 2.45) is 0 Å². The molecule has 1 heteroatoms. The summed E-state index contributed by atoms with van der Waals surface area (Å²) in [6.07, 6.45) is 22.3. The van der Waals surface area contributed by atoms with E-state index in [2.05, 4.69) is 49.5 Å². The summed E-state index contributed by atoms with van der Waals surface area (Å²) in [4.78, 5) is 0. The monoisotopic (exact) mass is 289 g/mol.